The molecule has 0 atom stereocenters. The van der Waals surface area contributed by atoms with Gasteiger partial charge in [-0.2, -0.15) is 4.31 Å². The highest BCUT2D eigenvalue weighted by molar-refractivity contribution is 7.89. The Labute approximate surface area is 186 Å². The van der Waals surface area contributed by atoms with E-state index in [0.29, 0.717) is 29.7 Å². The number of carbonyl (C=O) groups excluding carboxylic acids is 1. The summed E-state index contributed by atoms with van der Waals surface area (Å²) in [5, 5.41) is 3.04. The number of ether oxygens (including phenoxy) is 1. The van der Waals surface area contributed by atoms with Crippen LogP contribution in [-0.2, 0) is 10.0 Å². The van der Waals surface area contributed by atoms with Gasteiger partial charge >= 0.3 is 0 Å². The van der Waals surface area contributed by atoms with Crippen LogP contribution in [0.15, 0.2) is 58.4 Å². The molecule has 32 heavy (non-hydrogen) atoms. The van der Waals surface area contributed by atoms with E-state index in [2.05, 4.69) is 10.3 Å². The summed E-state index contributed by atoms with van der Waals surface area (Å²) in [6.07, 6.45) is 5.02. The van der Waals surface area contributed by atoms with E-state index in [9.17, 15) is 18.0 Å². The molecule has 1 aromatic heterocycles. The Morgan fingerprint density at radius 1 is 1.06 bits per heavy atom. The van der Waals surface area contributed by atoms with Crippen molar-refractivity contribution < 1.29 is 17.9 Å². The van der Waals surface area contributed by atoms with Crippen molar-refractivity contribution in [1.82, 2.24) is 9.29 Å². The van der Waals surface area contributed by atoms with Crippen LogP contribution in [-0.4, -0.2) is 43.8 Å². The van der Waals surface area contributed by atoms with Gasteiger partial charge in [-0.25, -0.2) is 8.42 Å². The third kappa shape index (κ3) is 4.26. The number of hydrogen-bond acceptors (Lipinski definition) is 5. The van der Waals surface area contributed by atoms with E-state index in [1.165, 1.54) is 35.8 Å². The summed E-state index contributed by atoms with van der Waals surface area (Å²) in [5.74, 6) is -0.356. The minimum Gasteiger partial charge on any atom is -0.495 e. The summed E-state index contributed by atoms with van der Waals surface area (Å²) in [4.78, 5) is 28.7. The molecular formula is C23H25N3O5S. The number of carbonyl (C=O) groups is 1. The number of aromatic nitrogens is 1. The van der Waals surface area contributed by atoms with Gasteiger partial charge in [-0.15, -0.1) is 0 Å². The quantitative estimate of drug-likeness (QED) is 0.613. The number of aromatic amines is 1. The number of hydrogen-bond donors (Lipinski definition) is 2. The molecule has 8 nitrogen and oxygen atoms in total. The van der Waals surface area contributed by atoms with E-state index in [1.54, 1.807) is 24.3 Å². The fourth-order valence-corrected chi connectivity index (χ4v) is 5.45. The van der Waals surface area contributed by atoms with E-state index in [-0.39, 0.29) is 16.1 Å². The first-order valence-corrected chi connectivity index (χ1v) is 12.0. The van der Waals surface area contributed by atoms with Crippen LogP contribution in [0.2, 0.25) is 0 Å². The van der Waals surface area contributed by atoms with Crippen molar-refractivity contribution in [3.8, 4) is 5.75 Å². The van der Waals surface area contributed by atoms with Gasteiger partial charge < -0.3 is 15.0 Å². The molecule has 0 saturated carbocycles. The molecule has 0 bridgehead atoms. The first-order valence-electron chi connectivity index (χ1n) is 10.5. The Hall–Kier alpha value is -3.17. The highest BCUT2D eigenvalue weighted by Crippen LogP contribution is 2.30. The van der Waals surface area contributed by atoms with Gasteiger partial charge in [0.05, 0.1) is 17.7 Å². The van der Waals surface area contributed by atoms with Crippen LogP contribution in [0, 0.1) is 0 Å². The van der Waals surface area contributed by atoms with Crippen LogP contribution in [0.1, 0.15) is 36.0 Å². The Morgan fingerprint density at radius 3 is 2.50 bits per heavy atom. The maximum absolute atomic E-state index is 13.2. The van der Waals surface area contributed by atoms with Gasteiger partial charge in [0.25, 0.3) is 5.91 Å². The second kappa shape index (κ2) is 9.13. The SMILES string of the molecule is COc1ccc(S(=O)(=O)N2CCCCCC2)cc1NC(=O)c1c[nH]c2ccccc2c1=O. The topological polar surface area (TPSA) is 109 Å². The average Bonchev–Trinajstić information content (AvgIpc) is 3.09. The normalized spacial score (nSPS) is 15.3. The Kier molecular flexibility index (Phi) is 6.29. The molecular weight excluding hydrogens is 430 g/mol. The number of H-pyrrole nitrogens is 1. The molecule has 9 heteroatoms. The number of para-hydroxylation sites is 1. The lowest BCUT2D eigenvalue weighted by atomic mass is 10.1. The zero-order valence-electron chi connectivity index (χ0n) is 17.8. The van der Waals surface area contributed by atoms with Crippen LogP contribution in [0.5, 0.6) is 5.75 Å². The summed E-state index contributed by atoms with van der Waals surface area (Å²) < 4.78 is 33.1. The fraction of sp³-hybridized carbons (Fsp3) is 0.304. The number of methoxy groups -OCH3 is 1. The highest BCUT2D eigenvalue weighted by Gasteiger charge is 2.26. The fourth-order valence-electron chi connectivity index (χ4n) is 3.90. The number of anilines is 1. The van der Waals surface area contributed by atoms with Crippen LogP contribution < -0.4 is 15.5 Å². The van der Waals surface area contributed by atoms with Crippen molar-refractivity contribution in [2.75, 3.05) is 25.5 Å². The maximum atomic E-state index is 13.2. The Morgan fingerprint density at radius 2 is 1.78 bits per heavy atom. The molecule has 0 spiro atoms. The molecule has 2 heterocycles. The molecule has 1 saturated heterocycles. The largest absolute Gasteiger partial charge is 0.495 e. The molecule has 4 rings (SSSR count). The lowest BCUT2D eigenvalue weighted by Crippen LogP contribution is -2.32. The molecule has 1 aliphatic rings. The monoisotopic (exact) mass is 455 g/mol. The molecule has 0 radical (unpaired) electrons. The molecule has 168 valence electrons. The molecule has 3 aromatic rings. The lowest BCUT2D eigenvalue weighted by molar-refractivity contribution is 0.102. The minimum absolute atomic E-state index is 0.0721. The zero-order chi connectivity index (χ0) is 22.7. The standard InChI is InChI=1S/C23H25N3O5S/c1-31-21-11-10-16(32(29,30)26-12-6-2-3-7-13-26)14-20(21)25-23(28)18-15-24-19-9-5-4-8-17(19)22(18)27/h4-5,8-11,14-15H,2-3,6-7,12-13H2,1H3,(H,24,27)(H,25,28). The van der Waals surface area contributed by atoms with Gasteiger partial charge in [0.1, 0.15) is 11.3 Å². The van der Waals surface area contributed by atoms with Crippen molar-refractivity contribution >= 4 is 32.5 Å². The van der Waals surface area contributed by atoms with Gasteiger partial charge in [-0.1, -0.05) is 25.0 Å². The first kappa shape index (κ1) is 22.0. The van der Waals surface area contributed by atoms with E-state index in [1.807, 2.05) is 0 Å². The van der Waals surface area contributed by atoms with Crippen LogP contribution >= 0.6 is 0 Å². The van der Waals surface area contributed by atoms with Gasteiger partial charge in [-0.3, -0.25) is 9.59 Å². The summed E-state index contributed by atoms with van der Waals surface area (Å²) in [5.41, 5.74) is 0.314. The van der Waals surface area contributed by atoms with Gasteiger partial charge in [0.15, 0.2) is 0 Å². The van der Waals surface area contributed by atoms with Gasteiger partial charge in [-0.05, 0) is 43.2 Å². The van der Waals surface area contributed by atoms with Crippen molar-refractivity contribution in [1.29, 1.82) is 0 Å². The van der Waals surface area contributed by atoms with E-state index < -0.39 is 21.4 Å². The third-order valence-corrected chi connectivity index (χ3v) is 7.55. The summed E-state index contributed by atoms with van der Waals surface area (Å²) in [6.45, 7) is 0.949. The van der Waals surface area contributed by atoms with Gasteiger partial charge in [0, 0.05) is 30.2 Å². The second-order valence-corrected chi connectivity index (χ2v) is 9.65. The first-order chi connectivity index (χ1) is 15.4. The van der Waals surface area contributed by atoms with E-state index in [0.717, 1.165) is 25.7 Å². The minimum atomic E-state index is -3.71. The summed E-state index contributed by atoms with van der Waals surface area (Å²) in [7, 11) is -2.28. The smallest absolute Gasteiger partial charge is 0.261 e. The van der Waals surface area contributed by atoms with Crippen molar-refractivity contribution in [3.05, 3.63) is 64.4 Å². The van der Waals surface area contributed by atoms with Crippen LogP contribution in [0.25, 0.3) is 10.9 Å². The Balaban J connectivity index is 1.67. The van der Waals surface area contributed by atoms with Crippen molar-refractivity contribution in [3.63, 3.8) is 0 Å². The van der Waals surface area contributed by atoms with Crippen molar-refractivity contribution in [2.24, 2.45) is 0 Å². The molecule has 2 N–H and O–H groups in total. The van der Waals surface area contributed by atoms with Crippen molar-refractivity contribution in [2.45, 2.75) is 30.6 Å². The molecule has 0 aliphatic carbocycles. The number of amides is 1. The van der Waals surface area contributed by atoms with E-state index >= 15 is 0 Å². The predicted octanol–water partition coefficient (Wildman–Crippen LogP) is 3.35. The number of rotatable bonds is 5. The lowest BCUT2D eigenvalue weighted by Gasteiger charge is -2.21. The molecule has 1 aliphatic heterocycles. The average molecular weight is 456 g/mol. The van der Waals surface area contributed by atoms with Crippen LogP contribution in [0.3, 0.4) is 0 Å². The van der Waals surface area contributed by atoms with Crippen LogP contribution in [0.4, 0.5) is 5.69 Å². The molecule has 1 amide bonds. The predicted molar refractivity (Wildman–Crippen MR) is 123 cm³/mol. The third-order valence-electron chi connectivity index (χ3n) is 5.65. The number of pyridine rings is 1. The number of nitrogens with zero attached hydrogens (tertiary/aromatic N) is 1. The van der Waals surface area contributed by atoms with Gasteiger partial charge in [0.2, 0.25) is 15.5 Å². The maximum Gasteiger partial charge on any atom is 0.261 e. The number of fused-ring (bicyclic) bond motifs is 1. The molecule has 0 unspecified atom stereocenters. The Bertz CT molecular complexity index is 1310. The van der Waals surface area contributed by atoms with E-state index in [4.69, 9.17) is 4.74 Å². The highest BCUT2D eigenvalue weighted by atomic mass is 32.2. The molecule has 1 fully saturated rings. The number of nitrogens with one attached hydrogen (secondary N) is 2. The summed E-state index contributed by atoms with van der Waals surface area (Å²) in [6, 6.07) is 11.3. The zero-order valence-corrected chi connectivity index (χ0v) is 18.6. The second-order valence-electron chi connectivity index (χ2n) is 7.71. The number of sulfonamides is 1. The summed E-state index contributed by atoms with van der Waals surface area (Å²) >= 11 is 0. The number of benzene rings is 2. The molecule has 2 aromatic carbocycles.